The summed E-state index contributed by atoms with van der Waals surface area (Å²) < 4.78 is 10.8. The molecule has 0 spiro atoms. The molecule has 1 aromatic carbocycles. The maximum absolute atomic E-state index is 12.3. The summed E-state index contributed by atoms with van der Waals surface area (Å²) in [6.07, 6.45) is 12.5. The van der Waals surface area contributed by atoms with Gasteiger partial charge in [0.2, 0.25) is 12.3 Å². The molecule has 156 valence electrons. The molecule has 4 rings (SSSR count). The molecule has 1 fully saturated rings. The molecule has 0 radical (unpaired) electrons. The van der Waals surface area contributed by atoms with Gasteiger partial charge in [-0.1, -0.05) is 19.3 Å². The van der Waals surface area contributed by atoms with Crippen LogP contribution in [-0.2, 0) is 0 Å². The third-order valence-corrected chi connectivity index (χ3v) is 6.09. The Bertz CT molecular complexity index is 988. The number of aromatic nitrogens is 3. The van der Waals surface area contributed by atoms with Gasteiger partial charge in [0.15, 0.2) is 0 Å². The fourth-order valence-electron chi connectivity index (χ4n) is 3.74. The maximum atomic E-state index is 12.3. The summed E-state index contributed by atoms with van der Waals surface area (Å²) in [6.45, 7) is 0.671. The van der Waals surface area contributed by atoms with Crippen LogP contribution in [0.3, 0.4) is 0 Å². The highest BCUT2D eigenvalue weighted by Crippen LogP contribution is 2.34. The van der Waals surface area contributed by atoms with Gasteiger partial charge in [-0.15, -0.1) is 22.0 Å². The highest BCUT2D eigenvalue weighted by atomic mass is 32.2. The van der Waals surface area contributed by atoms with Gasteiger partial charge < -0.3 is 14.5 Å². The van der Waals surface area contributed by atoms with Crippen molar-refractivity contribution >= 4 is 17.9 Å². The molecular formula is C22H24N4O3S. The van der Waals surface area contributed by atoms with Gasteiger partial charge in [0.05, 0.1) is 5.56 Å². The molecule has 7 nitrogen and oxygen atoms in total. The van der Waals surface area contributed by atoms with E-state index in [4.69, 9.17) is 9.15 Å². The number of benzene rings is 1. The molecule has 1 amide bonds. The van der Waals surface area contributed by atoms with Crippen molar-refractivity contribution in [1.82, 2.24) is 20.5 Å². The predicted molar refractivity (Wildman–Crippen MR) is 115 cm³/mol. The number of carbonyl (C=O) groups excluding carboxylic acids is 1. The van der Waals surface area contributed by atoms with Crippen LogP contribution in [0.1, 0.15) is 32.1 Å². The first-order valence-corrected chi connectivity index (χ1v) is 11.3. The van der Waals surface area contributed by atoms with Crippen LogP contribution in [0.25, 0.3) is 22.6 Å². The second-order valence-corrected chi connectivity index (χ2v) is 8.19. The van der Waals surface area contributed by atoms with Crippen molar-refractivity contribution in [3.05, 3.63) is 43.1 Å². The zero-order valence-corrected chi connectivity index (χ0v) is 17.7. The standard InChI is InChI=1S/C22H24N4O3S/c1-30-20-8-7-18(29-22(27)24-11-15-5-3-2-4-6-15)10-19(20)16-9-17(13-23-12-16)21-26-25-14-28-21/h7-10,12-15H,2-6,11H2,1H3,(H,24,27). The minimum absolute atomic E-state index is 0.407. The maximum Gasteiger partial charge on any atom is 0.412 e. The van der Waals surface area contributed by atoms with E-state index in [1.807, 2.05) is 30.5 Å². The van der Waals surface area contributed by atoms with Gasteiger partial charge in [0, 0.05) is 35.0 Å². The van der Waals surface area contributed by atoms with E-state index in [0.29, 0.717) is 24.1 Å². The van der Waals surface area contributed by atoms with Gasteiger partial charge in [-0.05, 0) is 49.3 Å². The minimum atomic E-state index is -0.416. The van der Waals surface area contributed by atoms with E-state index < -0.39 is 6.09 Å². The Kier molecular flexibility index (Phi) is 6.63. The van der Waals surface area contributed by atoms with E-state index in [9.17, 15) is 4.79 Å². The van der Waals surface area contributed by atoms with Crippen molar-refractivity contribution in [3.63, 3.8) is 0 Å². The lowest BCUT2D eigenvalue weighted by Crippen LogP contribution is -2.32. The predicted octanol–water partition coefficient (Wildman–Crippen LogP) is 5.19. The molecule has 0 saturated heterocycles. The second kappa shape index (κ2) is 9.75. The number of nitrogens with one attached hydrogen (secondary N) is 1. The van der Waals surface area contributed by atoms with Crippen LogP contribution in [0.2, 0.25) is 0 Å². The summed E-state index contributed by atoms with van der Waals surface area (Å²) >= 11 is 1.61. The van der Waals surface area contributed by atoms with Crippen LogP contribution in [-0.4, -0.2) is 34.1 Å². The summed E-state index contributed by atoms with van der Waals surface area (Å²) in [5.74, 6) is 1.45. The van der Waals surface area contributed by atoms with Crippen LogP contribution in [0.15, 0.2) is 52.4 Å². The van der Waals surface area contributed by atoms with Crippen molar-refractivity contribution < 1.29 is 13.9 Å². The Labute approximate surface area is 179 Å². The van der Waals surface area contributed by atoms with Crippen LogP contribution < -0.4 is 10.1 Å². The Balaban J connectivity index is 1.49. The van der Waals surface area contributed by atoms with E-state index in [-0.39, 0.29) is 0 Å². The summed E-state index contributed by atoms with van der Waals surface area (Å²) in [5, 5.41) is 10.6. The Hall–Kier alpha value is -2.87. The highest BCUT2D eigenvalue weighted by molar-refractivity contribution is 7.98. The van der Waals surface area contributed by atoms with Gasteiger partial charge in [0.25, 0.3) is 0 Å². The number of carbonyl (C=O) groups is 1. The third-order valence-electron chi connectivity index (χ3n) is 5.30. The first-order chi connectivity index (χ1) is 14.7. The number of hydrogen-bond acceptors (Lipinski definition) is 7. The van der Waals surface area contributed by atoms with E-state index >= 15 is 0 Å². The molecule has 1 N–H and O–H groups in total. The number of thioether (sulfide) groups is 1. The number of hydrogen-bond donors (Lipinski definition) is 1. The molecule has 3 aromatic rings. The number of nitrogens with zero attached hydrogens (tertiary/aromatic N) is 3. The molecule has 2 heterocycles. The zero-order valence-electron chi connectivity index (χ0n) is 16.8. The molecule has 0 atom stereocenters. The Morgan fingerprint density at radius 3 is 2.80 bits per heavy atom. The first kappa shape index (κ1) is 20.4. The number of ether oxygens (including phenoxy) is 1. The van der Waals surface area contributed by atoms with Gasteiger partial charge >= 0.3 is 6.09 Å². The monoisotopic (exact) mass is 424 g/mol. The molecule has 2 aromatic heterocycles. The molecule has 1 saturated carbocycles. The van der Waals surface area contributed by atoms with E-state index in [0.717, 1.165) is 21.6 Å². The topological polar surface area (TPSA) is 90.1 Å². The largest absolute Gasteiger partial charge is 0.423 e. The highest BCUT2D eigenvalue weighted by Gasteiger charge is 2.16. The van der Waals surface area contributed by atoms with Crippen LogP contribution >= 0.6 is 11.8 Å². The Morgan fingerprint density at radius 2 is 2.03 bits per heavy atom. The number of pyridine rings is 1. The van der Waals surface area contributed by atoms with E-state index in [1.54, 1.807) is 24.2 Å². The molecule has 30 heavy (non-hydrogen) atoms. The van der Waals surface area contributed by atoms with Crippen molar-refractivity contribution in [2.75, 3.05) is 12.8 Å². The molecular weight excluding hydrogens is 400 g/mol. The first-order valence-electron chi connectivity index (χ1n) is 10.1. The number of amides is 1. The number of rotatable bonds is 6. The van der Waals surface area contributed by atoms with Crippen LogP contribution in [0, 0.1) is 5.92 Å². The van der Waals surface area contributed by atoms with Gasteiger partial charge in [0.1, 0.15) is 5.75 Å². The van der Waals surface area contributed by atoms with Gasteiger partial charge in [-0.2, -0.15) is 0 Å². The SMILES string of the molecule is CSc1ccc(OC(=O)NCC2CCCCC2)cc1-c1cncc(-c2nnco2)c1. The van der Waals surface area contributed by atoms with E-state index in [1.165, 1.54) is 38.5 Å². The fraction of sp³-hybridized carbons (Fsp3) is 0.364. The average molecular weight is 425 g/mol. The lowest BCUT2D eigenvalue weighted by Gasteiger charge is -2.21. The van der Waals surface area contributed by atoms with E-state index in [2.05, 4.69) is 20.5 Å². The molecule has 1 aliphatic rings. The molecule has 0 bridgehead atoms. The molecule has 8 heteroatoms. The van der Waals surface area contributed by atoms with Gasteiger partial charge in [-0.3, -0.25) is 4.98 Å². The summed E-state index contributed by atoms with van der Waals surface area (Å²) in [6, 6.07) is 7.55. The van der Waals surface area contributed by atoms with Crippen LogP contribution in [0.4, 0.5) is 4.79 Å². The summed E-state index contributed by atoms with van der Waals surface area (Å²) in [4.78, 5) is 17.6. The molecule has 0 aliphatic heterocycles. The zero-order chi connectivity index (χ0) is 20.8. The van der Waals surface area contributed by atoms with Crippen molar-refractivity contribution in [1.29, 1.82) is 0 Å². The minimum Gasteiger partial charge on any atom is -0.423 e. The van der Waals surface area contributed by atoms with Gasteiger partial charge in [-0.25, -0.2) is 4.79 Å². The molecule has 1 aliphatic carbocycles. The molecule has 0 unspecified atom stereocenters. The quantitative estimate of drug-likeness (QED) is 0.545. The third kappa shape index (κ3) is 4.99. The van der Waals surface area contributed by atoms with Crippen molar-refractivity contribution in [2.24, 2.45) is 5.92 Å². The fourth-order valence-corrected chi connectivity index (χ4v) is 4.34. The van der Waals surface area contributed by atoms with Crippen molar-refractivity contribution in [3.8, 4) is 28.3 Å². The van der Waals surface area contributed by atoms with Crippen molar-refractivity contribution in [2.45, 2.75) is 37.0 Å². The Morgan fingerprint density at radius 1 is 1.20 bits per heavy atom. The summed E-state index contributed by atoms with van der Waals surface area (Å²) in [5.41, 5.74) is 2.53. The lowest BCUT2D eigenvalue weighted by atomic mass is 9.89. The second-order valence-electron chi connectivity index (χ2n) is 7.34. The summed E-state index contributed by atoms with van der Waals surface area (Å²) in [7, 11) is 0. The smallest absolute Gasteiger partial charge is 0.412 e. The van der Waals surface area contributed by atoms with Crippen LogP contribution in [0.5, 0.6) is 5.75 Å². The normalized spacial score (nSPS) is 14.4. The lowest BCUT2D eigenvalue weighted by molar-refractivity contribution is 0.196. The average Bonchev–Trinajstić information content (AvgIpc) is 3.34.